The number of anilines is 2. The van der Waals surface area contributed by atoms with E-state index in [-0.39, 0.29) is 6.04 Å². The smallest absolute Gasteiger partial charge is 0.257 e. The van der Waals surface area contributed by atoms with E-state index < -0.39 is 0 Å². The molecule has 0 aliphatic heterocycles. The summed E-state index contributed by atoms with van der Waals surface area (Å²) in [5.41, 5.74) is 4.77. The zero-order valence-corrected chi connectivity index (χ0v) is 9.02. The van der Waals surface area contributed by atoms with Crippen LogP contribution in [0.25, 0.3) is 0 Å². The Morgan fingerprint density at radius 2 is 1.76 bits per heavy atom. The first-order valence-corrected chi connectivity index (χ1v) is 4.73. The van der Waals surface area contributed by atoms with Crippen LogP contribution in [0.15, 0.2) is 0 Å². The predicted octanol–water partition coefficient (Wildman–Crippen LogP) is -2.51. The average Bonchev–Trinajstić information content (AvgIpc) is 2.96. The van der Waals surface area contributed by atoms with Gasteiger partial charge in [0.25, 0.3) is 11.9 Å². The Bertz CT molecular complexity index is 471. The van der Waals surface area contributed by atoms with Gasteiger partial charge in [-0.15, -0.1) is 0 Å². The lowest BCUT2D eigenvalue weighted by Crippen LogP contribution is -2.22. The fourth-order valence-corrected chi connectivity index (χ4v) is 1.34. The lowest BCUT2D eigenvalue weighted by atomic mass is 10.3. The highest BCUT2D eigenvalue weighted by Gasteiger charge is 2.15. The summed E-state index contributed by atoms with van der Waals surface area (Å²) in [6, 6.07) is -0.105. The summed E-state index contributed by atoms with van der Waals surface area (Å²) in [6.45, 7) is 2.32. The molecule has 0 amide bonds. The Hall–Kier alpha value is -2.34. The summed E-state index contributed by atoms with van der Waals surface area (Å²) >= 11 is 0. The van der Waals surface area contributed by atoms with E-state index in [2.05, 4.69) is 41.9 Å². The SMILES string of the molecule is CC(Cn1nnnc1NN)n1nnnc1NN. The summed E-state index contributed by atoms with van der Waals surface area (Å²) < 4.78 is 3.01. The van der Waals surface area contributed by atoms with Gasteiger partial charge in [-0.1, -0.05) is 10.2 Å². The first kappa shape index (κ1) is 11.2. The van der Waals surface area contributed by atoms with Crippen LogP contribution in [0, 0.1) is 0 Å². The molecular formula is C5H12N12. The standard InChI is InChI=1S/C5H12N12/c1-3(17-5(9-7)11-13-15-17)2-16-4(8-6)10-12-14-16/h3H,2,6-7H2,1H3,(H,8,10,14)(H,9,11,15). The second-order valence-electron chi connectivity index (χ2n) is 3.27. The molecule has 0 saturated heterocycles. The Morgan fingerprint density at radius 3 is 2.47 bits per heavy atom. The highest BCUT2D eigenvalue weighted by Crippen LogP contribution is 2.12. The van der Waals surface area contributed by atoms with Gasteiger partial charge < -0.3 is 0 Å². The molecule has 1 atom stereocenters. The minimum atomic E-state index is -0.105. The topological polar surface area (TPSA) is 163 Å². The Kier molecular flexibility index (Phi) is 3.06. The minimum Gasteiger partial charge on any atom is -0.291 e. The van der Waals surface area contributed by atoms with Gasteiger partial charge in [-0.2, -0.15) is 0 Å². The molecule has 0 aromatic carbocycles. The van der Waals surface area contributed by atoms with Gasteiger partial charge in [0.1, 0.15) is 0 Å². The molecule has 12 heteroatoms. The van der Waals surface area contributed by atoms with Gasteiger partial charge in [0, 0.05) is 0 Å². The molecule has 92 valence electrons. The summed E-state index contributed by atoms with van der Waals surface area (Å²) in [4.78, 5) is 0. The van der Waals surface area contributed by atoms with E-state index in [1.807, 2.05) is 6.92 Å². The van der Waals surface area contributed by atoms with Crippen molar-refractivity contribution in [1.82, 2.24) is 40.4 Å². The maximum atomic E-state index is 5.27. The van der Waals surface area contributed by atoms with Crippen molar-refractivity contribution in [2.45, 2.75) is 19.5 Å². The Labute approximate surface area is 95.3 Å². The molecule has 0 radical (unpaired) electrons. The highest BCUT2D eigenvalue weighted by molar-refractivity contribution is 5.20. The molecule has 0 aliphatic rings. The summed E-state index contributed by atoms with van der Waals surface area (Å²) in [5, 5.41) is 21.9. The predicted molar refractivity (Wildman–Crippen MR) is 56.0 cm³/mol. The highest BCUT2D eigenvalue weighted by atomic mass is 15.6. The number of hydrogen-bond donors (Lipinski definition) is 4. The maximum Gasteiger partial charge on any atom is 0.257 e. The van der Waals surface area contributed by atoms with Crippen molar-refractivity contribution in [3.63, 3.8) is 0 Å². The second-order valence-corrected chi connectivity index (χ2v) is 3.27. The molecule has 0 spiro atoms. The quantitative estimate of drug-likeness (QED) is 0.324. The fraction of sp³-hybridized carbons (Fsp3) is 0.600. The number of aromatic nitrogens is 8. The van der Waals surface area contributed by atoms with E-state index in [0.29, 0.717) is 18.4 Å². The molecule has 12 nitrogen and oxygen atoms in total. The zero-order valence-electron chi connectivity index (χ0n) is 9.02. The fourth-order valence-electron chi connectivity index (χ4n) is 1.34. The molecule has 17 heavy (non-hydrogen) atoms. The van der Waals surface area contributed by atoms with Gasteiger partial charge in [0.2, 0.25) is 0 Å². The van der Waals surface area contributed by atoms with Crippen molar-refractivity contribution in [2.24, 2.45) is 11.7 Å². The lowest BCUT2D eigenvalue weighted by Gasteiger charge is -2.13. The number of tetrazole rings is 2. The van der Waals surface area contributed by atoms with Crippen LogP contribution in [-0.4, -0.2) is 40.4 Å². The monoisotopic (exact) mass is 240 g/mol. The van der Waals surface area contributed by atoms with Crippen molar-refractivity contribution in [1.29, 1.82) is 0 Å². The molecule has 1 unspecified atom stereocenters. The Balaban J connectivity index is 2.14. The van der Waals surface area contributed by atoms with Crippen molar-refractivity contribution in [3.05, 3.63) is 0 Å². The van der Waals surface area contributed by atoms with E-state index in [1.54, 1.807) is 0 Å². The second kappa shape index (κ2) is 4.67. The maximum absolute atomic E-state index is 5.27. The first-order chi connectivity index (χ1) is 8.26. The van der Waals surface area contributed by atoms with E-state index in [0.717, 1.165) is 0 Å². The number of rotatable bonds is 5. The van der Waals surface area contributed by atoms with Crippen LogP contribution in [0.4, 0.5) is 11.9 Å². The number of hydrogen-bond acceptors (Lipinski definition) is 10. The van der Waals surface area contributed by atoms with Crippen LogP contribution in [0.5, 0.6) is 0 Å². The van der Waals surface area contributed by atoms with Crippen molar-refractivity contribution in [2.75, 3.05) is 10.9 Å². The van der Waals surface area contributed by atoms with Gasteiger partial charge in [-0.3, -0.25) is 10.9 Å². The van der Waals surface area contributed by atoms with Crippen LogP contribution in [0.2, 0.25) is 0 Å². The molecule has 2 rings (SSSR count). The number of nitrogen functional groups attached to an aromatic ring is 2. The van der Waals surface area contributed by atoms with E-state index in [1.165, 1.54) is 9.36 Å². The number of hydrazine groups is 2. The van der Waals surface area contributed by atoms with Gasteiger partial charge in [0.05, 0.1) is 12.6 Å². The van der Waals surface area contributed by atoms with Gasteiger partial charge >= 0.3 is 0 Å². The normalized spacial score (nSPS) is 12.4. The van der Waals surface area contributed by atoms with Crippen LogP contribution >= 0.6 is 0 Å². The lowest BCUT2D eigenvalue weighted by molar-refractivity contribution is 0.398. The van der Waals surface area contributed by atoms with E-state index in [9.17, 15) is 0 Å². The largest absolute Gasteiger partial charge is 0.291 e. The van der Waals surface area contributed by atoms with E-state index in [4.69, 9.17) is 11.7 Å². The van der Waals surface area contributed by atoms with Crippen molar-refractivity contribution >= 4 is 11.9 Å². The zero-order chi connectivity index (χ0) is 12.3. The molecule has 2 aromatic heterocycles. The third-order valence-electron chi connectivity index (χ3n) is 2.14. The summed E-state index contributed by atoms with van der Waals surface area (Å²) in [5.74, 6) is 11.2. The molecule has 2 heterocycles. The van der Waals surface area contributed by atoms with Crippen molar-refractivity contribution < 1.29 is 0 Å². The summed E-state index contributed by atoms with van der Waals surface area (Å²) in [7, 11) is 0. The molecular weight excluding hydrogens is 228 g/mol. The molecule has 2 aromatic rings. The molecule has 0 aliphatic carbocycles. The van der Waals surface area contributed by atoms with Crippen LogP contribution in [0.3, 0.4) is 0 Å². The third-order valence-corrected chi connectivity index (χ3v) is 2.14. The van der Waals surface area contributed by atoms with Crippen molar-refractivity contribution in [3.8, 4) is 0 Å². The Morgan fingerprint density at radius 1 is 1.12 bits per heavy atom. The molecule has 0 saturated carbocycles. The average molecular weight is 240 g/mol. The molecule has 0 bridgehead atoms. The van der Waals surface area contributed by atoms with Gasteiger partial charge in [0.15, 0.2) is 0 Å². The number of nitrogens with two attached hydrogens (primary N) is 2. The van der Waals surface area contributed by atoms with Gasteiger partial charge in [-0.25, -0.2) is 21.0 Å². The van der Waals surface area contributed by atoms with Crippen LogP contribution < -0.4 is 22.5 Å². The minimum absolute atomic E-state index is 0.105. The molecule has 6 N–H and O–H groups in total. The molecule has 0 fully saturated rings. The van der Waals surface area contributed by atoms with E-state index >= 15 is 0 Å². The third kappa shape index (κ3) is 2.11. The van der Waals surface area contributed by atoms with Crippen LogP contribution in [-0.2, 0) is 6.54 Å². The summed E-state index contributed by atoms with van der Waals surface area (Å²) in [6.07, 6.45) is 0. The van der Waals surface area contributed by atoms with Crippen LogP contribution in [0.1, 0.15) is 13.0 Å². The first-order valence-electron chi connectivity index (χ1n) is 4.73. The number of nitrogens with zero attached hydrogens (tertiary/aromatic N) is 8. The van der Waals surface area contributed by atoms with Gasteiger partial charge in [-0.05, 0) is 27.8 Å². The number of nitrogens with one attached hydrogen (secondary N) is 2.